The monoisotopic (exact) mass is 1340 g/mol. The molecule has 0 fully saturated rings. The first-order valence-electron chi connectivity index (χ1n) is 28.7. The van der Waals surface area contributed by atoms with Crippen molar-refractivity contribution in [2.75, 3.05) is 0 Å². The predicted molar refractivity (Wildman–Crippen MR) is 360 cm³/mol. The third kappa shape index (κ3) is 21.9. The van der Waals surface area contributed by atoms with E-state index in [0.717, 1.165) is 0 Å². The molecule has 9 nitrogen and oxygen atoms in total. The molecule has 12 rings (SSSR count). The average Bonchev–Trinajstić information content (AvgIpc) is 0.887. The molecule has 0 aliphatic heterocycles. The van der Waals surface area contributed by atoms with Crippen LogP contribution in [-0.4, -0.2) is 48.5 Å². The Kier molecular flexibility index (Phi) is 26.9. The highest BCUT2D eigenvalue weighted by molar-refractivity contribution is 7.97. The maximum absolute atomic E-state index is 12.1. The van der Waals surface area contributed by atoms with Crippen LogP contribution in [0.5, 0.6) is 17.2 Å². The van der Waals surface area contributed by atoms with Crippen molar-refractivity contribution in [1.29, 1.82) is 0 Å². The second-order valence-corrected chi connectivity index (χ2v) is 25.7. The van der Waals surface area contributed by atoms with Crippen LogP contribution < -0.4 is 0 Å². The van der Waals surface area contributed by atoms with Crippen LogP contribution >= 0.6 is 0 Å². The first-order valence-corrected chi connectivity index (χ1v) is 32.3. The van der Waals surface area contributed by atoms with Crippen molar-refractivity contribution in [3.63, 3.8) is 0 Å². The van der Waals surface area contributed by atoms with Gasteiger partial charge in [0.25, 0.3) is 0 Å². The van der Waals surface area contributed by atoms with Crippen molar-refractivity contribution < 1.29 is 71.4 Å². The zero-order valence-electron chi connectivity index (χ0n) is 50.2. The summed E-state index contributed by atoms with van der Waals surface area (Å²) in [5.41, 5.74) is -3.58. The van der Waals surface area contributed by atoms with Gasteiger partial charge in [-0.15, -0.1) is 0 Å². The first-order chi connectivity index (χ1) is 45.7. The number of phenols is 3. The van der Waals surface area contributed by atoms with Gasteiger partial charge in [-0.05, 0) is 158 Å². The van der Waals surface area contributed by atoms with Crippen molar-refractivity contribution in [2.24, 2.45) is 0 Å². The van der Waals surface area contributed by atoms with Gasteiger partial charge in [0.1, 0.15) is 33.9 Å². The first kappa shape index (κ1) is 71.5. The van der Waals surface area contributed by atoms with Crippen LogP contribution in [0, 0.1) is 0 Å². The number of para-hydroxylation sites is 1. The molecule has 0 aliphatic rings. The molecule has 0 spiro atoms. The summed E-state index contributed by atoms with van der Waals surface area (Å²) in [4.78, 5) is 43.2. The molecule has 95 heavy (non-hydrogen) atoms. The van der Waals surface area contributed by atoms with E-state index in [4.69, 9.17) is 30.6 Å². The molecule has 0 atom stereocenters. The van der Waals surface area contributed by atoms with E-state index in [9.17, 15) is 40.7 Å². The number of hydrogen-bond donors (Lipinski definition) is 6. The van der Waals surface area contributed by atoms with E-state index in [-0.39, 0.29) is 44.0 Å². The number of hydrogen-bond acceptors (Lipinski definition) is 6. The largest absolute Gasteiger partial charge is 0.507 e. The number of carboxylic acid groups (broad SMARTS) is 3. The minimum atomic E-state index is -4.61. The van der Waals surface area contributed by atoms with Crippen molar-refractivity contribution in [3.8, 4) is 17.2 Å². The highest BCUT2D eigenvalue weighted by Gasteiger charge is 2.34. The lowest BCUT2D eigenvalue weighted by Gasteiger charge is -2.07. The molecule has 0 unspecified atom stereocenters. The Morgan fingerprint density at radius 3 is 0.642 bits per heavy atom. The maximum atomic E-state index is 12.1. The van der Waals surface area contributed by atoms with Crippen LogP contribution in [0.4, 0.5) is 26.3 Å². The van der Waals surface area contributed by atoms with Gasteiger partial charge in [0.15, 0.2) is 44.1 Å². The van der Waals surface area contributed by atoms with Crippen molar-refractivity contribution >= 4 is 50.6 Å². The van der Waals surface area contributed by atoms with Gasteiger partial charge in [-0.25, -0.2) is 14.4 Å². The number of carbonyl (C=O) groups is 3. The van der Waals surface area contributed by atoms with Crippen LogP contribution in [0.25, 0.3) is 0 Å². The van der Waals surface area contributed by atoms with Crippen molar-refractivity contribution in [2.45, 2.75) is 56.4 Å². The lowest BCUT2D eigenvalue weighted by molar-refractivity contribution is -0.138. The van der Waals surface area contributed by atoms with Gasteiger partial charge >= 0.3 is 30.3 Å². The molecular formula is C77H61F6O9S3+3. The second-order valence-electron chi connectivity index (χ2n) is 19.6. The minimum absolute atomic E-state index is 0.0146. The highest BCUT2D eigenvalue weighted by atomic mass is 32.2. The summed E-state index contributed by atoms with van der Waals surface area (Å²) in [6.07, 6.45) is -9.20. The van der Waals surface area contributed by atoms with E-state index < -0.39 is 64.0 Å². The van der Waals surface area contributed by atoms with Crippen LogP contribution in [0.3, 0.4) is 0 Å². The number of carboxylic acids is 3. The number of alkyl halides is 6. The Hall–Kier alpha value is -10.9. The van der Waals surface area contributed by atoms with E-state index in [1.807, 2.05) is 0 Å². The summed E-state index contributed by atoms with van der Waals surface area (Å²) < 4.78 is 72.4. The Bertz CT molecular complexity index is 3720. The van der Waals surface area contributed by atoms with E-state index in [0.29, 0.717) is 36.4 Å². The Labute approximate surface area is 553 Å². The number of rotatable bonds is 12. The topological polar surface area (TPSA) is 173 Å². The normalized spacial score (nSPS) is 10.7. The number of aromatic carboxylic acids is 3. The van der Waals surface area contributed by atoms with E-state index in [1.54, 1.807) is 12.1 Å². The molecule has 0 aromatic heterocycles. The fourth-order valence-electron chi connectivity index (χ4n) is 8.66. The van der Waals surface area contributed by atoms with Gasteiger partial charge in [-0.3, -0.25) is 0 Å². The quantitative estimate of drug-likeness (QED) is 0.0514. The molecule has 0 bridgehead atoms. The molecule has 6 N–H and O–H groups in total. The predicted octanol–water partition coefficient (Wildman–Crippen LogP) is 19.7. The second kappa shape index (κ2) is 35.8. The smallest absolute Gasteiger partial charge is 0.416 e. The zero-order chi connectivity index (χ0) is 68.2. The SMILES string of the molecule is O=C(O)c1cc(C(F)(F)F)ccc1O.O=C(O)c1ccc(C(F)(F)F)cc1O.O=C(O)c1ccccc1O.c1ccc([S+](c2ccccc2)c2ccccc2)cc1.c1ccc([S+](c2ccccc2)c2ccccc2)cc1.c1ccc([S+](c2ccccc2)c2ccccc2)cc1. The fraction of sp³-hybridized carbons (Fsp3) is 0.0260. The van der Waals surface area contributed by atoms with Gasteiger partial charge < -0.3 is 30.6 Å². The standard InChI is InChI=1S/3C18H15S.2C8H5F3O3.C7H6O3/c3*1-4-10-16(11-5-1)19(17-12-6-2-7-13-17)18-14-8-3-9-15-18;9-8(10,11)4-1-2-6(12)5(3-4)7(13)14;9-8(10,11)4-1-2-5(7(13)14)6(12)3-4;8-6-4-2-1-3-5(6)7(9)10/h3*1-15H;2*1-3,12H,(H,13,14);1-4,8H,(H,9,10)/q3*+1;;;. The Morgan fingerprint density at radius 2 is 0.432 bits per heavy atom. The summed E-state index contributed by atoms with van der Waals surface area (Å²) in [5.74, 6) is -5.98. The highest BCUT2D eigenvalue weighted by Crippen LogP contribution is 2.36. The van der Waals surface area contributed by atoms with Crippen LogP contribution in [-0.2, 0) is 45.0 Å². The summed E-state index contributed by atoms with van der Waals surface area (Å²) >= 11 is 0. The Balaban J connectivity index is 0.000000163. The third-order valence-electron chi connectivity index (χ3n) is 13.1. The van der Waals surface area contributed by atoms with E-state index in [2.05, 4.69) is 273 Å². The molecule has 0 aliphatic carbocycles. The molecule has 12 aromatic carbocycles. The van der Waals surface area contributed by atoms with Gasteiger partial charge in [-0.1, -0.05) is 176 Å². The Morgan fingerprint density at radius 1 is 0.232 bits per heavy atom. The number of benzene rings is 12. The molecule has 12 aromatic rings. The minimum Gasteiger partial charge on any atom is -0.507 e. The summed E-state index contributed by atoms with van der Waals surface area (Å²) in [6, 6.07) is 106. The van der Waals surface area contributed by atoms with Gasteiger partial charge in [0, 0.05) is 0 Å². The molecule has 0 radical (unpaired) electrons. The molecule has 0 saturated heterocycles. The molecule has 0 heterocycles. The molecule has 480 valence electrons. The zero-order valence-corrected chi connectivity index (χ0v) is 52.6. The average molecular weight is 1340 g/mol. The van der Waals surface area contributed by atoms with Crippen LogP contribution in [0.2, 0.25) is 0 Å². The number of aromatic hydroxyl groups is 3. The molecule has 0 saturated carbocycles. The molecule has 18 heteroatoms. The van der Waals surface area contributed by atoms with Crippen LogP contribution in [0.1, 0.15) is 42.2 Å². The van der Waals surface area contributed by atoms with Crippen LogP contribution in [0.15, 0.2) is 378 Å². The number of halogens is 6. The van der Waals surface area contributed by atoms with Gasteiger partial charge in [0.05, 0.1) is 43.8 Å². The van der Waals surface area contributed by atoms with Crippen molar-refractivity contribution in [1.82, 2.24) is 0 Å². The van der Waals surface area contributed by atoms with Crippen molar-refractivity contribution in [3.05, 3.63) is 361 Å². The maximum Gasteiger partial charge on any atom is 0.416 e. The van der Waals surface area contributed by atoms with Gasteiger partial charge in [0.2, 0.25) is 0 Å². The lowest BCUT2D eigenvalue weighted by Crippen LogP contribution is -2.07. The van der Waals surface area contributed by atoms with Gasteiger partial charge in [-0.2, -0.15) is 26.3 Å². The third-order valence-corrected chi connectivity index (χ3v) is 19.7. The summed E-state index contributed by atoms with van der Waals surface area (Å²) in [7, 11) is -0.0439. The summed E-state index contributed by atoms with van der Waals surface area (Å²) in [6.45, 7) is 0. The lowest BCUT2D eigenvalue weighted by atomic mass is 10.1. The van der Waals surface area contributed by atoms with E-state index in [1.165, 1.54) is 56.2 Å². The van der Waals surface area contributed by atoms with E-state index >= 15 is 0 Å². The molecular weight excluding hydrogens is 1280 g/mol. The fourth-order valence-corrected chi connectivity index (χ4v) is 15.0. The summed E-state index contributed by atoms with van der Waals surface area (Å²) in [5, 5.41) is 52.0. The molecule has 0 amide bonds.